The molecular weight excluding hydrogens is 504 g/mol. The van der Waals surface area contributed by atoms with Crippen LogP contribution in [0.15, 0.2) is 48.5 Å². The van der Waals surface area contributed by atoms with Crippen LogP contribution in [0.1, 0.15) is 41.5 Å². The number of likely N-dealkylation sites (N-methyl/N-ethyl adjacent to an activating group) is 2. The van der Waals surface area contributed by atoms with E-state index in [1.54, 1.807) is 12.1 Å². The number of nitrogens with one attached hydrogen (secondary N) is 2. The molecule has 0 aliphatic heterocycles. The van der Waals surface area contributed by atoms with Gasteiger partial charge in [-0.15, -0.1) is 10.2 Å². The van der Waals surface area contributed by atoms with E-state index in [0.29, 0.717) is 29.3 Å². The molecule has 4 aromatic rings. The molecule has 212 valence electrons. The van der Waals surface area contributed by atoms with E-state index in [4.69, 9.17) is 4.98 Å². The molecule has 0 saturated heterocycles. The van der Waals surface area contributed by atoms with E-state index in [9.17, 15) is 9.90 Å². The smallest absolute Gasteiger partial charge is 0.336 e. The van der Waals surface area contributed by atoms with E-state index >= 15 is 0 Å². The predicted molar refractivity (Wildman–Crippen MR) is 161 cm³/mol. The summed E-state index contributed by atoms with van der Waals surface area (Å²) in [7, 11) is 8.16. The second-order valence-corrected chi connectivity index (χ2v) is 10.8. The monoisotopic (exact) mass is 544 g/mol. The number of hydrogen-bond acceptors (Lipinski definition) is 8. The molecule has 2 heterocycles. The van der Waals surface area contributed by atoms with Crippen LogP contribution in [-0.4, -0.2) is 95.0 Å². The van der Waals surface area contributed by atoms with Gasteiger partial charge in [-0.3, -0.25) is 0 Å². The summed E-state index contributed by atoms with van der Waals surface area (Å²) in [6.07, 6.45) is 0. The molecule has 3 N–H and O–H groups in total. The molecular formula is C30H40N8O2. The number of hydrogen-bond donors (Lipinski definition) is 3. The summed E-state index contributed by atoms with van der Waals surface area (Å²) >= 11 is 0. The number of rotatable bonds is 13. The lowest BCUT2D eigenvalue weighted by Gasteiger charge is -2.16. The fourth-order valence-electron chi connectivity index (χ4n) is 4.60. The molecule has 0 amide bonds. The largest absolute Gasteiger partial charge is 0.478 e. The van der Waals surface area contributed by atoms with Gasteiger partial charge in [0.25, 0.3) is 0 Å². The maximum Gasteiger partial charge on any atom is 0.336 e. The molecule has 4 rings (SSSR count). The summed E-state index contributed by atoms with van der Waals surface area (Å²) in [4.78, 5) is 21.0. The third-order valence-electron chi connectivity index (χ3n) is 6.68. The van der Waals surface area contributed by atoms with Crippen molar-refractivity contribution in [3.8, 4) is 11.1 Å². The topological polar surface area (TPSA) is 111 Å². The van der Waals surface area contributed by atoms with Gasteiger partial charge in [0.05, 0.1) is 5.56 Å². The Morgan fingerprint density at radius 3 is 2.10 bits per heavy atom. The highest BCUT2D eigenvalue weighted by Gasteiger charge is 2.22. The van der Waals surface area contributed by atoms with Crippen molar-refractivity contribution in [2.75, 3.05) is 65.0 Å². The lowest BCUT2D eigenvalue weighted by Crippen LogP contribution is -2.22. The summed E-state index contributed by atoms with van der Waals surface area (Å²) in [5, 5.41) is 25.6. The van der Waals surface area contributed by atoms with Gasteiger partial charge < -0.3 is 30.1 Å². The fraction of sp³-hybridized carbons (Fsp3) is 0.400. The Kier molecular flexibility index (Phi) is 9.34. The van der Waals surface area contributed by atoms with Crippen LogP contribution in [0.3, 0.4) is 0 Å². The van der Waals surface area contributed by atoms with Crippen LogP contribution in [0.5, 0.6) is 0 Å². The molecule has 40 heavy (non-hydrogen) atoms. The first-order valence-corrected chi connectivity index (χ1v) is 13.6. The van der Waals surface area contributed by atoms with Crippen molar-refractivity contribution in [1.82, 2.24) is 29.5 Å². The van der Waals surface area contributed by atoms with Crippen LogP contribution in [0.25, 0.3) is 22.2 Å². The van der Waals surface area contributed by atoms with Gasteiger partial charge in [0.15, 0.2) is 11.6 Å². The van der Waals surface area contributed by atoms with Crippen LogP contribution in [0.2, 0.25) is 0 Å². The minimum absolute atomic E-state index is 0.179. The SMILES string of the molecule is CC(C)c1nc2c(NCCN(C)C)nnc(NCCN(C)C)c2n1Cc1ccc(-c2ccccc2C(=O)O)cc1. The highest BCUT2D eigenvalue weighted by atomic mass is 16.4. The Labute approximate surface area is 236 Å². The quantitative estimate of drug-likeness (QED) is 0.227. The van der Waals surface area contributed by atoms with Crippen molar-refractivity contribution in [2.24, 2.45) is 0 Å². The van der Waals surface area contributed by atoms with Crippen LogP contribution < -0.4 is 10.6 Å². The molecule has 2 aromatic carbocycles. The molecule has 2 aromatic heterocycles. The third kappa shape index (κ3) is 6.75. The van der Waals surface area contributed by atoms with E-state index in [0.717, 1.165) is 54.2 Å². The van der Waals surface area contributed by atoms with E-state index in [1.807, 2.05) is 64.6 Å². The van der Waals surface area contributed by atoms with E-state index in [-0.39, 0.29) is 5.92 Å². The number of carbonyl (C=O) groups is 1. The van der Waals surface area contributed by atoms with Gasteiger partial charge in [-0.25, -0.2) is 9.78 Å². The van der Waals surface area contributed by atoms with Crippen molar-refractivity contribution in [2.45, 2.75) is 26.3 Å². The van der Waals surface area contributed by atoms with Gasteiger partial charge in [-0.1, -0.05) is 56.3 Å². The van der Waals surface area contributed by atoms with Gasteiger partial charge >= 0.3 is 5.97 Å². The first-order valence-electron chi connectivity index (χ1n) is 13.6. The number of aromatic carboxylic acids is 1. The summed E-state index contributed by atoms with van der Waals surface area (Å²) in [5.74, 6) is 1.59. The number of anilines is 2. The Morgan fingerprint density at radius 1 is 0.900 bits per heavy atom. The summed E-state index contributed by atoms with van der Waals surface area (Å²) in [5.41, 5.74) is 4.66. The van der Waals surface area contributed by atoms with Gasteiger partial charge in [0.1, 0.15) is 16.9 Å². The number of nitrogens with zero attached hydrogens (tertiary/aromatic N) is 6. The fourth-order valence-corrected chi connectivity index (χ4v) is 4.60. The van der Waals surface area contributed by atoms with Crippen molar-refractivity contribution in [3.63, 3.8) is 0 Å². The number of carboxylic acids is 1. The van der Waals surface area contributed by atoms with Gasteiger partial charge in [0.2, 0.25) is 0 Å². The lowest BCUT2D eigenvalue weighted by molar-refractivity contribution is 0.0697. The summed E-state index contributed by atoms with van der Waals surface area (Å²) in [6.45, 7) is 8.05. The Bertz CT molecular complexity index is 1440. The molecule has 10 nitrogen and oxygen atoms in total. The molecule has 0 fully saturated rings. The van der Waals surface area contributed by atoms with Crippen molar-refractivity contribution in [1.29, 1.82) is 0 Å². The predicted octanol–water partition coefficient (Wildman–Crippen LogP) is 4.31. The number of benzene rings is 2. The van der Waals surface area contributed by atoms with E-state index in [1.165, 1.54) is 0 Å². The molecule has 10 heteroatoms. The minimum atomic E-state index is -0.934. The van der Waals surface area contributed by atoms with E-state index in [2.05, 4.69) is 49.0 Å². The molecule has 0 aliphatic carbocycles. The third-order valence-corrected chi connectivity index (χ3v) is 6.68. The van der Waals surface area contributed by atoms with Gasteiger partial charge in [-0.2, -0.15) is 0 Å². The summed E-state index contributed by atoms with van der Waals surface area (Å²) < 4.78 is 2.23. The zero-order valence-electron chi connectivity index (χ0n) is 24.3. The zero-order chi connectivity index (χ0) is 28.8. The molecule has 0 aliphatic rings. The molecule has 0 atom stereocenters. The van der Waals surface area contributed by atoms with Crippen molar-refractivity contribution in [3.05, 3.63) is 65.5 Å². The van der Waals surface area contributed by atoms with Crippen molar-refractivity contribution < 1.29 is 9.90 Å². The average molecular weight is 545 g/mol. The maximum absolute atomic E-state index is 11.7. The zero-order valence-corrected chi connectivity index (χ0v) is 24.3. The maximum atomic E-state index is 11.7. The standard InChI is InChI=1S/C30H40N8O2/c1-20(2)29-33-25-26(28(32-16-18-37(5)6)35-34-27(25)31-15-17-36(3)4)38(29)19-21-11-13-22(14-12-21)23-9-7-8-10-24(23)30(39)40/h7-14,20H,15-19H2,1-6H3,(H,31,34)(H,32,35)(H,39,40). The highest BCUT2D eigenvalue weighted by Crippen LogP contribution is 2.31. The van der Waals surface area contributed by atoms with Crippen LogP contribution in [-0.2, 0) is 6.54 Å². The first-order chi connectivity index (χ1) is 19.2. The van der Waals surface area contributed by atoms with Crippen molar-refractivity contribution >= 4 is 28.6 Å². The number of carboxylic acid groups (broad SMARTS) is 1. The number of imidazole rings is 1. The average Bonchev–Trinajstić information content (AvgIpc) is 3.30. The Hall–Kier alpha value is -4.02. The number of aromatic nitrogens is 4. The minimum Gasteiger partial charge on any atom is -0.478 e. The Balaban J connectivity index is 1.74. The second-order valence-electron chi connectivity index (χ2n) is 10.8. The molecule has 0 unspecified atom stereocenters. The second kappa shape index (κ2) is 12.9. The van der Waals surface area contributed by atoms with Crippen LogP contribution in [0, 0.1) is 0 Å². The molecule has 0 radical (unpaired) electrons. The molecule has 0 saturated carbocycles. The lowest BCUT2D eigenvalue weighted by atomic mass is 9.98. The molecule has 0 bridgehead atoms. The number of fused-ring (bicyclic) bond motifs is 1. The van der Waals surface area contributed by atoms with Gasteiger partial charge in [0, 0.05) is 38.6 Å². The van der Waals surface area contributed by atoms with Gasteiger partial charge in [-0.05, 0) is 50.9 Å². The Morgan fingerprint density at radius 2 is 1.50 bits per heavy atom. The first kappa shape index (κ1) is 29.0. The normalized spacial score (nSPS) is 11.6. The highest BCUT2D eigenvalue weighted by molar-refractivity contribution is 5.96. The summed E-state index contributed by atoms with van der Waals surface area (Å²) in [6, 6.07) is 15.1. The molecule has 0 spiro atoms. The van der Waals surface area contributed by atoms with E-state index < -0.39 is 5.97 Å². The van der Waals surface area contributed by atoms with Crippen LogP contribution >= 0.6 is 0 Å². The van der Waals surface area contributed by atoms with Crippen LogP contribution in [0.4, 0.5) is 11.6 Å².